The Labute approximate surface area is 147 Å². The first-order valence-corrected chi connectivity index (χ1v) is 8.66. The molecule has 0 radical (unpaired) electrons. The van der Waals surface area contributed by atoms with Crippen LogP contribution in [-0.4, -0.2) is 47.1 Å². The van der Waals surface area contributed by atoms with Crippen molar-refractivity contribution in [2.45, 2.75) is 32.8 Å². The number of H-pyrrole nitrogens is 1. The smallest absolute Gasteiger partial charge is 0.410 e. The maximum atomic E-state index is 12.5. The largest absolute Gasteiger partial charge is 0.444 e. The minimum Gasteiger partial charge on any atom is -0.444 e. The Morgan fingerprint density at radius 1 is 1.32 bits per heavy atom. The van der Waals surface area contributed by atoms with Gasteiger partial charge < -0.3 is 19.9 Å². The molecule has 1 atom stereocenters. The van der Waals surface area contributed by atoms with E-state index in [2.05, 4.69) is 10.3 Å². The highest BCUT2D eigenvalue weighted by Crippen LogP contribution is 2.20. The fraction of sp³-hybridized carbons (Fsp3) is 0.474. The summed E-state index contributed by atoms with van der Waals surface area (Å²) < 4.78 is 5.40. The summed E-state index contributed by atoms with van der Waals surface area (Å²) in [6.45, 7) is 7.42. The number of likely N-dealkylation sites (tertiary alicyclic amines) is 1. The van der Waals surface area contributed by atoms with E-state index in [-0.39, 0.29) is 17.9 Å². The number of nitrogens with one attached hydrogen (secondary N) is 2. The molecule has 2 aromatic rings. The molecule has 2 N–H and O–H groups in total. The van der Waals surface area contributed by atoms with Gasteiger partial charge in [-0.15, -0.1) is 0 Å². The summed E-state index contributed by atoms with van der Waals surface area (Å²) in [5, 5.41) is 3.92. The maximum absolute atomic E-state index is 12.5. The number of carbonyl (C=O) groups excluding carboxylic acids is 2. The van der Waals surface area contributed by atoms with Crippen molar-refractivity contribution >= 4 is 22.9 Å². The van der Waals surface area contributed by atoms with Gasteiger partial charge >= 0.3 is 6.09 Å². The molecule has 0 unspecified atom stereocenters. The number of aromatic amines is 1. The number of carbonyl (C=O) groups is 2. The van der Waals surface area contributed by atoms with Crippen LogP contribution in [0.5, 0.6) is 0 Å². The summed E-state index contributed by atoms with van der Waals surface area (Å²) in [6.07, 6.45) is 2.42. The predicted octanol–water partition coefficient (Wildman–Crippen LogP) is 3.15. The molecule has 1 aliphatic heterocycles. The second kappa shape index (κ2) is 6.78. The number of hydrogen-bond acceptors (Lipinski definition) is 3. The standard InChI is InChI=1S/C19H25N3O3/c1-19(2,3)25-18(24)22-10-8-13(12-22)11-21-17(23)15-5-4-6-16-14(15)7-9-20-16/h4-7,9,13,20H,8,10-12H2,1-3H3,(H,21,23)/t13-/m1/s1. The average molecular weight is 343 g/mol. The van der Waals surface area contributed by atoms with Crippen molar-refractivity contribution in [2.75, 3.05) is 19.6 Å². The number of amides is 2. The van der Waals surface area contributed by atoms with Crippen LogP contribution in [0.15, 0.2) is 30.5 Å². The van der Waals surface area contributed by atoms with E-state index in [9.17, 15) is 9.59 Å². The van der Waals surface area contributed by atoms with E-state index in [1.165, 1.54) is 0 Å². The van der Waals surface area contributed by atoms with E-state index >= 15 is 0 Å². The zero-order valence-corrected chi connectivity index (χ0v) is 15.0. The van der Waals surface area contributed by atoms with Crippen molar-refractivity contribution < 1.29 is 14.3 Å². The van der Waals surface area contributed by atoms with Crippen LogP contribution in [0.1, 0.15) is 37.6 Å². The third-order valence-electron chi connectivity index (χ3n) is 4.33. The normalized spacial score (nSPS) is 17.7. The molecular formula is C19H25N3O3. The molecule has 1 fully saturated rings. The van der Waals surface area contributed by atoms with Crippen LogP contribution in [0, 0.1) is 5.92 Å². The van der Waals surface area contributed by atoms with E-state index in [1.54, 1.807) is 4.90 Å². The number of benzene rings is 1. The first-order valence-electron chi connectivity index (χ1n) is 8.66. The first-order chi connectivity index (χ1) is 11.8. The van der Waals surface area contributed by atoms with Gasteiger partial charge in [-0.05, 0) is 51.3 Å². The molecule has 0 saturated carbocycles. The summed E-state index contributed by atoms with van der Waals surface area (Å²) in [4.78, 5) is 29.4. The quantitative estimate of drug-likeness (QED) is 0.899. The Hall–Kier alpha value is -2.50. The molecule has 134 valence electrons. The third kappa shape index (κ3) is 4.13. The number of nitrogens with zero attached hydrogens (tertiary/aromatic N) is 1. The van der Waals surface area contributed by atoms with Crippen LogP contribution in [0.3, 0.4) is 0 Å². The van der Waals surface area contributed by atoms with Gasteiger partial charge in [0, 0.05) is 42.3 Å². The van der Waals surface area contributed by atoms with Gasteiger partial charge in [0.1, 0.15) is 5.60 Å². The lowest BCUT2D eigenvalue weighted by Crippen LogP contribution is -2.36. The molecule has 1 saturated heterocycles. The lowest BCUT2D eigenvalue weighted by atomic mass is 10.1. The Morgan fingerprint density at radius 3 is 2.88 bits per heavy atom. The fourth-order valence-corrected chi connectivity index (χ4v) is 3.11. The average Bonchev–Trinajstić information content (AvgIpc) is 3.19. The van der Waals surface area contributed by atoms with Crippen molar-refractivity contribution in [3.8, 4) is 0 Å². The predicted molar refractivity (Wildman–Crippen MR) is 96.5 cm³/mol. The highest BCUT2D eigenvalue weighted by molar-refractivity contribution is 6.06. The SMILES string of the molecule is CC(C)(C)OC(=O)N1CC[C@H](CNC(=O)c2cccc3[nH]ccc23)C1. The van der Waals surface area contributed by atoms with Crippen molar-refractivity contribution in [2.24, 2.45) is 5.92 Å². The van der Waals surface area contributed by atoms with Gasteiger partial charge in [-0.25, -0.2) is 4.79 Å². The lowest BCUT2D eigenvalue weighted by molar-refractivity contribution is 0.0288. The van der Waals surface area contributed by atoms with Crippen LogP contribution in [-0.2, 0) is 4.74 Å². The Kier molecular flexibility index (Phi) is 4.70. The van der Waals surface area contributed by atoms with Gasteiger partial charge in [-0.2, -0.15) is 0 Å². The molecule has 0 bridgehead atoms. The molecule has 0 aliphatic carbocycles. The lowest BCUT2D eigenvalue weighted by Gasteiger charge is -2.24. The second-order valence-corrected chi connectivity index (χ2v) is 7.54. The summed E-state index contributed by atoms with van der Waals surface area (Å²) in [7, 11) is 0. The van der Waals surface area contributed by atoms with Crippen LogP contribution < -0.4 is 5.32 Å². The topological polar surface area (TPSA) is 74.4 Å². The molecule has 1 aromatic carbocycles. The Balaban J connectivity index is 1.54. The number of rotatable bonds is 3. The van der Waals surface area contributed by atoms with Gasteiger partial charge in [0.15, 0.2) is 0 Å². The summed E-state index contributed by atoms with van der Waals surface area (Å²) in [5.41, 5.74) is 1.13. The van der Waals surface area contributed by atoms with Gasteiger partial charge in [0.25, 0.3) is 5.91 Å². The van der Waals surface area contributed by atoms with E-state index in [0.717, 1.165) is 17.3 Å². The first kappa shape index (κ1) is 17.3. The molecule has 3 rings (SSSR count). The molecule has 2 amide bonds. The molecule has 25 heavy (non-hydrogen) atoms. The second-order valence-electron chi connectivity index (χ2n) is 7.54. The van der Waals surface area contributed by atoms with Crippen LogP contribution in [0.2, 0.25) is 0 Å². The van der Waals surface area contributed by atoms with Gasteiger partial charge in [0.05, 0.1) is 0 Å². The van der Waals surface area contributed by atoms with Gasteiger partial charge in [0.2, 0.25) is 0 Å². The number of aromatic nitrogens is 1. The Morgan fingerprint density at radius 2 is 2.12 bits per heavy atom. The number of fused-ring (bicyclic) bond motifs is 1. The van der Waals surface area contributed by atoms with Crippen molar-refractivity contribution in [3.05, 3.63) is 36.0 Å². The van der Waals surface area contributed by atoms with Crippen LogP contribution >= 0.6 is 0 Å². The van der Waals surface area contributed by atoms with E-state index < -0.39 is 5.60 Å². The zero-order chi connectivity index (χ0) is 18.0. The van der Waals surface area contributed by atoms with E-state index in [1.807, 2.05) is 51.2 Å². The van der Waals surface area contributed by atoms with Crippen molar-refractivity contribution in [1.29, 1.82) is 0 Å². The van der Waals surface area contributed by atoms with Crippen molar-refractivity contribution in [1.82, 2.24) is 15.2 Å². The zero-order valence-electron chi connectivity index (χ0n) is 15.0. The van der Waals surface area contributed by atoms with E-state index in [4.69, 9.17) is 4.74 Å². The molecule has 1 aromatic heterocycles. The van der Waals surface area contributed by atoms with Crippen molar-refractivity contribution in [3.63, 3.8) is 0 Å². The molecule has 1 aliphatic rings. The third-order valence-corrected chi connectivity index (χ3v) is 4.33. The highest BCUT2D eigenvalue weighted by atomic mass is 16.6. The fourth-order valence-electron chi connectivity index (χ4n) is 3.11. The minimum atomic E-state index is -0.487. The maximum Gasteiger partial charge on any atom is 0.410 e. The summed E-state index contributed by atoms with van der Waals surface area (Å²) >= 11 is 0. The number of hydrogen-bond donors (Lipinski definition) is 2. The minimum absolute atomic E-state index is 0.0825. The summed E-state index contributed by atoms with van der Waals surface area (Å²) in [5.74, 6) is 0.169. The Bertz CT molecular complexity index is 776. The molecule has 6 nitrogen and oxygen atoms in total. The molecule has 0 spiro atoms. The monoisotopic (exact) mass is 343 g/mol. The molecule has 2 heterocycles. The van der Waals surface area contributed by atoms with Crippen LogP contribution in [0.4, 0.5) is 4.79 Å². The van der Waals surface area contributed by atoms with E-state index in [0.29, 0.717) is 25.2 Å². The molecule has 6 heteroatoms. The van der Waals surface area contributed by atoms with Crippen LogP contribution in [0.25, 0.3) is 10.9 Å². The van der Waals surface area contributed by atoms with Gasteiger partial charge in [-0.1, -0.05) is 6.07 Å². The van der Waals surface area contributed by atoms with Gasteiger partial charge in [-0.3, -0.25) is 4.79 Å². The summed E-state index contributed by atoms with van der Waals surface area (Å²) in [6, 6.07) is 7.55. The molecular weight excluding hydrogens is 318 g/mol. The highest BCUT2D eigenvalue weighted by Gasteiger charge is 2.30. The number of ether oxygens (including phenoxy) is 1.